The minimum atomic E-state index is 0. The van der Waals surface area contributed by atoms with Gasteiger partial charge in [0.1, 0.15) is 5.78 Å². The van der Waals surface area contributed by atoms with Gasteiger partial charge in [0.2, 0.25) is 5.91 Å². The molecule has 0 aromatic carbocycles. The van der Waals surface area contributed by atoms with Crippen LogP contribution >= 0.6 is 0 Å². The molecule has 10 atom stereocenters. The number of nitrogens with one attached hydrogen (secondary N) is 2. The van der Waals surface area contributed by atoms with Crippen LogP contribution in [0.1, 0.15) is 111 Å². The van der Waals surface area contributed by atoms with Gasteiger partial charge >= 0.3 is 42.1 Å². The summed E-state index contributed by atoms with van der Waals surface area (Å²) < 4.78 is 0. The second kappa shape index (κ2) is 26.2. The van der Waals surface area contributed by atoms with Gasteiger partial charge in [0, 0.05) is 40.5 Å². The van der Waals surface area contributed by atoms with E-state index in [1.807, 2.05) is 7.05 Å². The summed E-state index contributed by atoms with van der Waals surface area (Å²) in [5.41, 5.74) is 0. The van der Waals surface area contributed by atoms with Gasteiger partial charge < -0.3 is 43.6 Å². The van der Waals surface area contributed by atoms with Crippen LogP contribution in [-0.4, -0.2) is 31.8 Å². The number of amides is 1. The zero-order chi connectivity index (χ0) is 28.9. The molecule has 7 heteroatoms. The largest absolute Gasteiger partial charge is 2.00 e. The van der Waals surface area contributed by atoms with Crippen LogP contribution < -0.4 is 10.6 Å². The van der Waals surface area contributed by atoms with Gasteiger partial charge in [-0.15, -0.1) is 0 Å². The van der Waals surface area contributed by atoms with Crippen molar-refractivity contribution in [2.45, 2.75) is 111 Å². The molecule has 0 aromatic rings. The van der Waals surface area contributed by atoms with Crippen LogP contribution in [-0.2, 0) is 72.8 Å². The van der Waals surface area contributed by atoms with Gasteiger partial charge in [-0.1, -0.05) is 70.1 Å². The van der Waals surface area contributed by atoms with Crippen molar-refractivity contribution in [2.75, 3.05) is 20.1 Å². The van der Waals surface area contributed by atoms with E-state index < -0.39 is 0 Å². The number of ketones is 1. The van der Waals surface area contributed by atoms with Gasteiger partial charge in [-0.25, -0.2) is 0 Å². The molecule has 0 aliphatic heterocycles. The van der Waals surface area contributed by atoms with E-state index in [2.05, 4.69) is 52.2 Å². The minimum Gasteiger partial charge on any atom is -0.358 e. The first kappa shape index (κ1) is 48.6. The molecule has 2 aliphatic carbocycles. The van der Waals surface area contributed by atoms with Crippen molar-refractivity contribution >= 4 is 11.7 Å². The molecule has 0 saturated heterocycles. The van der Waals surface area contributed by atoms with Crippen molar-refractivity contribution in [1.82, 2.24) is 10.6 Å². The summed E-state index contributed by atoms with van der Waals surface area (Å²) in [6.07, 6.45) is 13.6. The molecule has 1 amide bonds. The van der Waals surface area contributed by atoms with Gasteiger partial charge in [0.25, 0.3) is 0 Å². The zero-order valence-electron chi connectivity index (χ0n) is 28.5. The minimum absolute atomic E-state index is 0. The number of rotatable bonds is 21. The molecular weight excluding hydrogens is 1040 g/mol. The SMILES string of the molecule is [CH2-]CC1C([CH2-])C(C)C1CCC(CCNC)CCNC(=O)CCC(CCC(C)=O)CCC1C(C)C([CH2-])C1CCC.[CH3-].[W+2].[W+2].[W]. The van der Waals surface area contributed by atoms with Gasteiger partial charge in [-0.05, 0) is 82.7 Å². The van der Waals surface area contributed by atoms with E-state index in [0.717, 1.165) is 69.4 Å². The van der Waals surface area contributed by atoms with Crippen LogP contribution in [0.15, 0.2) is 0 Å². The number of Topliss-reactive ketones (excluding diaryl/α,β-unsaturated/α-hetero) is 1. The Kier molecular flexibility index (Phi) is 29.5. The summed E-state index contributed by atoms with van der Waals surface area (Å²) >= 11 is 0. The molecule has 250 valence electrons. The molecule has 0 aromatic heterocycles. The Morgan fingerprint density at radius 1 is 0.744 bits per heavy atom. The Morgan fingerprint density at radius 3 is 1.74 bits per heavy atom. The maximum atomic E-state index is 12.8. The molecule has 4 nitrogen and oxygen atoms in total. The van der Waals surface area contributed by atoms with E-state index in [0.29, 0.717) is 54.3 Å². The summed E-state index contributed by atoms with van der Waals surface area (Å²) in [6, 6.07) is 0. The summed E-state index contributed by atoms with van der Waals surface area (Å²) in [4.78, 5) is 24.5. The summed E-state index contributed by atoms with van der Waals surface area (Å²) in [5.74, 6) is 7.09. The standard InChI is InChI=1S/C35H63N2O2.CH3.3W/c1-9-11-32-27(6)28(7)34(32)18-14-29(13-12-24(3)38)16-19-35(39)37-23-21-30(20-22-36-8)15-17-33-26(5)25(4)31(33)10-2;;;;/h25-34,36H,2,4,6,9-23H2,1,3,5,7-8H3,(H,37,39);1H3;;;/q-3;-1;;2*+2. The topological polar surface area (TPSA) is 58.2 Å². The second-order valence-corrected chi connectivity index (χ2v) is 13.5. The Morgan fingerprint density at radius 2 is 1.23 bits per heavy atom. The van der Waals surface area contributed by atoms with Crippen molar-refractivity contribution in [3.8, 4) is 0 Å². The fourth-order valence-electron chi connectivity index (χ4n) is 8.00. The summed E-state index contributed by atoms with van der Waals surface area (Å²) in [7, 11) is 2.02. The van der Waals surface area contributed by atoms with E-state index in [-0.39, 0.29) is 82.3 Å². The van der Waals surface area contributed by atoms with Crippen molar-refractivity contribution in [2.24, 2.45) is 59.2 Å². The molecule has 2 saturated carbocycles. The maximum absolute atomic E-state index is 12.8. The molecule has 0 spiro atoms. The monoisotopic (exact) mass is 1110 g/mol. The van der Waals surface area contributed by atoms with Gasteiger partial charge in [-0.3, -0.25) is 4.79 Å². The average Bonchev–Trinajstić information content (AvgIpc) is 2.92. The molecular formula is C36H66N2O2W3. The van der Waals surface area contributed by atoms with Crippen molar-refractivity contribution in [1.29, 1.82) is 0 Å². The van der Waals surface area contributed by atoms with Crippen molar-refractivity contribution in [3.63, 3.8) is 0 Å². The third-order valence-electron chi connectivity index (χ3n) is 11.0. The number of carbonyl (C=O) groups excluding carboxylic acids is 2. The molecule has 2 N–H and O–H groups in total. The Hall–Kier alpha value is 1.16. The van der Waals surface area contributed by atoms with E-state index in [4.69, 9.17) is 0 Å². The first-order chi connectivity index (χ1) is 18.6. The Balaban J connectivity index is -0.00000400. The quantitative estimate of drug-likeness (QED) is 0.114. The summed E-state index contributed by atoms with van der Waals surface area (Å²) in [6.45, 7) is 23.4. The number of carbonyl (C=O) groups is 2. The van der Waals surface area contributed by atoms with Crippen LogP contribution in [0.4, 0.5) is 0 Å². The molecule has 2 fully saturated rings. The van der Waals surface area contributed by atoms with Gasteiger partial charge in [-0.2, -0.15) is 18.3 Å². The average molecular weight is 1110 g/mol. The molecule has 0 bridgehead atoms. The smallest absolute Gasteiger partial charge is 0.358 e. The molecule has 0 heterocycles. The van der Waals surface area contributed by atoms with E-state index in [1.165, 1.54) is 32.1 Å². The number of hydrogen-bond acceptors (Lipinski definition) is 3. The van der Waals surface area contributed by atoms with Crippen molar-refractivity contribution < 1.29 is 72.8 Å². The first-order valence-corrected chi connectivity index (χ1v) is 16.5. The third-order valence-corrected chi connectivity index (χ3v) is 11.0. The molecule has 43 heavy (non-hydrogen) atoms. The van der Waals surface area contributed by atoms with Crippen LogP contribution in [0, 0.1) is 87.4 Å². The zero-order valence-corrected chi connectivity index (χ0v) is 37.3. The van der Waals surface area contributed by atoms with Crippen molar-refractivity contribution in [3.05, 3.63) is 28.2 Å². The normalized spacial score (nSPS) is 28.7. The fourth-order valence-corrected chi connectivity index (χ4v) is 8.00. The van der Waals surface area contributed by atoms with Gasteiger partial charge in [0.15, 0.2) is 0 Å². The molecule has 10 unspecified atom stereocenters. The van der Waals surface area contributed by atoms with Crippen LogP contribution in [0.25, 0.3) is 0 Å². The first-order valence-electron chi connectivity index (χ1n) is 16.5. The van der Waals surface area contributed by atoms with Crippen LogP contribution in [0.5, 0.6) is 0 Å². The second-order valence-electron chi connectivity index (χ2n) is 13.5. The van der Waals surface area contributed by atoms with Crippen LogP contribution in [0.2, 0.25) is 0 Å². The Labute approximate surface area is 311 Å². The van der Waals surface area contributed by atoms with E-state index in [1.54, 1.807) is 6.92 Å². The van der Waals surface area contributed by atoms with Gasteiger partial charge in [0.05, 0.1) is 0 Å². The molecule has 0 radical (unpaired) electrons. The van der Waals surface area contributed by atoms with E-state index in [9.17, 15) is 9.59 Å². The predicted octanol–water partition coefficient (Wildman–Crippen LogP) is 8.18. The third kappa shape index (κ3) is 15.7. The Bertz CT molecular complexity index is 725. The van der Waals surface area contributed by atoms with Crippen LogP contribution in [0.3, 0.4) is 0 Å². The summed E-state index contributed by atoms with van der Waals surface area (Å²) in [5, 5.41) is 6.54. The maximum Gasteiger partial charge on any atom is 2.00 e. The predicted molar refractivity (Wildman–Crippen MR) is 172 cm³/mol. The molecule has 2 aliphatic rings. The molecule has 2 rings (SSSR count). The van der Waals surface area contributed by atoms with E-state index >= 15 is 0 Å². The number of hydrogen-bond donors (Lipinski definition) is 2. The fraction of sp³-hybridized carbons (Fsp3) is 0.833.